The van der Waals surface area contributed by atoms with Crippen LogP contribution in [0.3, 0.4) is 0 Å². The maximum atomic E-state index is 13.2. The minimum absolute atomic E-state index is 0. The average molecular weight is 800 g/mol. The molecule has 0 radical (unpaired) electrons. The number of phenolic OH excluding ortho intramolecular Hbond substituents is 1. The number of benzene rings is 4. The number of rotatable bonds is 13. The van der Waals surface area contributed by atoms with Gasteiger partial charge in [-0.1, -0.05) is 65.9 Å². The van der Waals surface area contributed by atoms with Crippen LogP contribution < -0.4 is 21.1 Å². The van der Waals surface area contributed by atoms with Gasteiger partial charge < -0.3 is 25.3 Å². The highest BCUT2D eigenvalue weighted by molar-refractivity contribution is 7.16. The second-order valence-corrected chi connectivity index (χ2v) is 15.7. The van der Waals surface area contributed by atoms with Gasteiger partial charge in [-0.05, 0) is 104 Å². The van der Waals surface area contributed by atoms with Crippen molar-refractivity contribution in [1.29, 1.82) is 0 Å². The van der Waals surface area contributed by atoms with E-state index in [-0.39, 0.29) is 38.2 Å². The molecular formula is C43H47F2N5O6S. The van der Waals surface area contributed by atoms with Gasteiger partial charge in [0.05, 0.1) is 27.5 Å². The Balaban J connectivity index is 0.00000275. The predicted molar refractivity (Wildman–Crippen MR) is 222 cm³/mol. The van der Waals surface area contributed by atoms with Crippen LogP contribution in [0, 0.1) is 5.92 Å². The Bertz CT molecular complexity index is 2450. The van der Waals surface area contributed by atoms with Crippen LogP contribution in [-0.2, 0) is 24.2 Å². The van der Waals surface area contributed by atoms with Crippen molar-refractivity contribution in [2.75, 3.05) is 31.5 Å². The molecule has 6 aromatic rings. The van der Waals surface area contributed by atoms with Gasteiger partial charge in [0.2, 0.25) is 5.56 Å². The highest BCUT2D eigenvalue weighted by Crippen LogP contribution is 2.33. The van der Waals surface area contributed by atoms with Crippen molar-refractivity contribution >= 4 is 44.2 Å². The molecule has 4 aromatic carbocycles. The fourth-order valence-electron chi connectivity index (χ4n) is 8.09. The molecule has 2 bridgehead atoms. The number of H-pyrrole nitrogens is 1. The molecular weight excluding hydrogens is 753 g/mol. The number of thiazole rings is 1. The number of aromatic hydroxyl groups is 1. The molecule has 0 unspecified atom stereocenters. The van der Waals surface area contributed by atoms with Crippen molar-refractivity contribution < 1.29 is 29.2 Å². The van der Waals surface area contributed by atoms with E-state index in [0.717, 1.165) is 89.9 Å². The third-order valence-corrected chi connectivity index (χ3v) is 12.0. The smallest absolute Gasteiger partial charge is 0.411 e. The topological polar surface area (TPSA) is 149 Å². The minimum Gasteiger partial charge on any atom is -0.506 e. The number of nitrogens with zero attached hydrogens (tertiary/aromatic N) is 2. The summed E-state index contributed by atoms with van der Waals surface area (Å²) >= 11 is 1.23. The molecule has 1 amide bonds. The molecule has 11 nitrogen and oxygen atoms in total. The maximum Gasteiger partial charge on any atom is 0.411 e. The lowest BCUT2D eigenvalue weighted by molar-refractivity contribution is -0.0289. The van der Waals surface area contributed by atoms with Crippen molar-refractivity contribution in [1.82, 2.24) is 19.8 Å². The standard InChI is InChI=1S/C43H45N5O6S.2FH/c49-36-15-12-32(33-13-16-40(51)46-41(33)36)37(50)25-44-24-28-10-14-35-39(23-28)55-43(53)48(35)19-5-4-6-27-9-11-31(29-7-2-1-3-8-29)34(22-27)45-42(52)54-38-26-47-20-17-30(38)18-21-47;;/h1-3,7-16,22-23,30,37-38,44,49-50H,4-6,17-21,24-26H2,(H,45,52)(H,46,51);2*1H/t37-,38-;;/m0../s1. The van der Waals surface area contributed by atoms with Crippen molar-refractivity contribution in [3.63, 3.8) is 0 Å². The van der Waals surface area contributed by atoms with E-state index in [0.29, 0.717) is 35.5 Å². The van der Waals surface area contributed by atoms with Gasteiger partial charge in [0, 0.05) is 43.2 Å². The average Bonchev–Trinajstić information content (AvgIpc) is 3.51. The molecule has 3 saturated heterocycles. The number of pyridine rings is 1. The van der Waals surface area contributed by atoms with E-state index in [1.807, 2.05) is 53.1 Å². The molecule has 57 heavy (non-hydrogen) atoms. The van der Waals surface area contributed by atoms with Gasteiger partial charge in [0.25, 0.3) is 0 Å². The Morgan fingerprint density at radius 3 is 2.49 bits per heavy atom. The number of aromatic nitrogens is 2. The molecule has 14 heteroatoms. The molecule has 9 rings (SSSR count). The van der Waals surface area contributed by atoms with Crippen molar-refractivity contribution in [3.05, 3.63) is 128 Å². The van der Waals surface area contributed by atoms with Crippen LogP contribution in [0.4, 0.5) is 19.9 Å². The van der Waals surface area contributed by atoms with Crippen molar-refractivity contribution in [2.24, 2.45) is 5.92 Å². The summed E-state index contributed by atoms with van der Waals surface area (Å²) in [4.78, 5) is 43.0. The highest BCUT2D eigenvalue weighted by Gasteiger charge is 2.36. The molecule has 5 heterocycles. The van der Waals surface area contributed by atoms with Crippen molar-refractivity contribution in [2.45, 2.75) is 57.4 Å². The van der Waals surface area contributed by atoms with Crippen LogP contribution in [0.2, 0.25) is 0 Å². The summed E-state index contributed by atoms with van der Waals surface area (Å²) in [6.45, 7) is 4.33. The Morgan fingerprint density at radius 2 is 1.72 bits per heavy atom. The van der Waals surface area contributed by atoms with Gasteiger partial charge in [-0.2, -0.15) is 0 Å². The van der Waals surface area contributed by atoms with Gasteiger partial charge in [-0.25, -0.2) is 4.79 Å². The van der Waals surface area contributed by atoms with Crippen LogP contribution in [0.25, 0.3) is 32.2 Å². The number of amides is 1. The lowest BCUT2D eigenvalue weighted by Gasteiger charge is -2.43. The van der Waals surface area contributed by atoms with E-state index >= 15 is 0 Å². The van der Waals surface area contributed by atoms with Gasteiger partial charge in [0.1, 0.15) is 11.9 Å². The number of hydrogen-bond acceptors (Lipinski definition) is 9. The van der Waals surface area contributed by atoms with E-state index in [1.54, 1.807) is 12.1 Å². The third kappa shape index (κ3) is 9.26. The quantitative estimate of drug-likeness (QED) is 0.0780. The second-order valence-electron chi connectivity index (χ2n) is 14.7. The third-order valence-electron chi connectivity index (χ3n) is 11.0. The first-order chi connectivity index (χ1) is 26.8. The minimum atomic E-state index is -0.865. The maximum absolute atomic E-state index is 13.2. The molecule has 0 spiro atoms. The Hall–Kier alpha value is -5.41. The Kier molecular flexibility index (Phi) is 13.2. The monoisotopic (exact) mass is 799 g/mol. The molecule has 5 N–H and O–H groups in total. The molecule has 3 aliphatic rings. The number of phenols is 1. The Labute approximate surface area is 331 Å². The van der Waals surface area contributed by atoms with Crippen LogP contribution in [-0.4, -0.2) is 63.0 Å². The predicted octanol–water partition coefficient (Wildman–Crippen LogP) is 7.07. The number of ether oxygens (including phenoxy) is 1. The Morgan fingerprint density at radius 1 is 0.930 bits per heavy atom. The molecule has 0 saturated carbocycles. The lowest BCUT2D eigenvalue weighted by atomic mass is 9.86. The number of hydrogen-bond donors (Lipinski definition) is 5. The molecule has 300 valence electrons. The zero-order valence-electron chi connectivity index (χ0n) is 31.3. The van der Waals surface area contributed by atoms with Crippen LogP contribution in [0.1, 0.15) is 48.5 Å². The number of unbranched alkanes of at least 4 members (excludes halogenated alkanes) is 1. The van der Waals surface area contributed by atoms with E-state index in [9.17, 15) is 24.6 Å². The lowest BCUT2D eigenvalue weighted by Crippen LogP contribution is -2.52. The van der Waals surface area contributed by atoms with Gasteiger partial charge >= 0.3 is 11.0 Å². The van der Waals surface area contributed by atoms with Crippen LogP contribution in [0.5, 0.6) is 5.75 Å². The summed E-state index contributed by atoms with van der Waals surface area (Å²) in [5.41, 5.74) is 6.28. The number of carbonyl (C=O) groups is 1. The number of anilines is 1. The number of halogens is 2. The number of piperidine rings is 3. The number of carbonyl (C=O) groups excluding carboxylic acids is 1. The van der Waals surface area contributed by atoms with Crippen LogP contribution >= 0.6 is 11.3 Å². The summed E-state index contributed by atoms with van der Waals surface area (Å²) in [7, 11) is 0. The zero-order valence-corrected chi connectivity index (χ0v) is 32.1. The fraction of sp³-hybridized carbons (Fsp3) is 0.326. The first kappa shape index (κ1) is 41.2. The first-order valence-electron chi connectivity index (χ1n) is 19.0. The van der Waals surface area contributed by atoms with Gasteiger partial charge in [-0.15, -0.1) is 0 Å². The van der Waals surface area contributed by atoms with Gasteiger partial charge in [0.15, 0.2) is 0 Å². The fourth-order valence-corrected chi connectivity index (χ4v) is 9.07. The number of aromatic amines is 1. The molecule has 3 fully saturated rings. The first-order valence-corrected chi connectivity index (χ1v) is 19.8. The van der Waals surface area contributed by atoms with E-state index < -0.39 is 12.2 Å². The number of aryl methyl sites for hydroxylation is 2. The van der Waals surface area contributed by atoms with Crippen molar-refractivity contribution in [3.8, 4) is 16.9 Å². The number of fused-ring (bicyclic) bond motifs is 5. The largest absolute Gasteiger partial charge is 0.506 e. The summed E-state index contributed by atoms with van der Waals surface area (Å²) in [5.74, 6) is 0.384. The van der Waals surface area contributed by atoms with Crippen LogP contribution in [0.15, 0.2) is 101 Å². The van der Waals surface area contributed by atoms with E-state index in [2.05, 4.69) is 38.7 Å². The molecule has 2 atom stereocenters. The normalized spacial score (nSPS) is 17.8. The molecule has 0 aliphatic carbocycles. The number of aliphatic hydroxyl groups is 1. The van der Waals surface area contributed by atoms with E-state index in [4.69, 9.17) is 4.74 Å². The van der Waals surface area contributed by atoms with Gasteiger partial charge in [-0.3, -0.25) is 33.8 Å². The summed E-state index contributed by atoms with van der Waals surface area (Å²) in [6.07, 6.45) is 3.30. The highest BCUT2D eigenvalue weighted by atomic mass is 32.1. The zero-order chi connectivity index (χ0) is 37.9. The SMILES string of the molecule is F.F.O=C(Nc1cc(CCCCn2c(=O)sc3cc(CNC[C@H](O)c4ccc(O)c5[nH]c(=O)ccc45)ccc32)ccc1-c1ccccc1)O[C@H]1CN2CCC1CC2. The summed E-state index contributed by atoms with van der Waals surface area (Å²) in [5, 5.41) is 28.0. The number of nitrogens with one attached hydrogen (secondary N) is 3. The number of aliphatic hydroxyl groups excluding tert-OH is 1. The summed E-state index contributed by atoms with van der Waals surface area (Å²) < 4.78 is 8.72. The van der Waals surface area contributed by atoms with E-state index in [1.165, 1.54) is 23.5 Å². The second kappa shape index (κ2) is 18.2. The molecule has 2 aromatic heterocycles. The summed E-state index contributed by atoms with van der Waals surface area (Å²) in [6, 6.07) is 28.4. The molecule has 3 aliphatic heterocycles.